The van der Waals surface area contributed by atoms with Crippen molar-refractivity contribution in [2.24, 2.45) is 0 Å². The smallest absolute Gasteiger partial charge is 0.313 e. The lowest BCUT2D eigenvalue weighted by atomic mass is 10.1. The summed E-state index contributed by atoms with van der Waals surface area (Å²) in [6.45, 7) is 0.329. The van der Waals surface area contributed by atoms with E-state index in [0.717, 1.165) is 11.3 Å². The van der Waals surface area contributed by atoms with Gasteiger partial charge in [-0.25, -0.2) is 0 Å². The van der Waals surface area contributed by atoms with Crippen molar-refractivity contribution in [2.45, 2.75) is 6.42 Å². The van der Waals surface area contributed by atoms with E-state index in [1.165, 1.54) is 0 Å². The predicted octanol–water partition coefficient (Wildman–Crippen LogP) is 2.65. The molecule has 2 aromatic carbocycles. The van der Waals surface area contributed by atoms with E-state index in [9.17, 15) is 9.59 Å². The van der Waals surface area contributed by atoms with E-state index in [-0.39, 0.29) is 0 Å². The Morgan fingerprint density at radius 2 is 1.74 bits per heavy atom. The summed E-state index contributed by atoms with van der Waals surface area (Å²) in [5, 5.41) is 5.42. The fraction of sp³-hybridized carbons (Fsp3) is 0.176. The Labute approximate surface area is 139 Å². The number of ether oxygens (including phenoxy) is 1. The maximum atomic E-state index is 11.8. The fourth-order valence-electron chi connectivity index (χ4n) is 2.04. The summed E-state index contributed by atoms with van der Waals surface area (Å²) in [5.41, 5.74) is 1.36. The number of carbonyl (C=O) groups is 2. The van der Waals surface area contributed by atoms with Gasteiger partial charge in [0.1, 0.15) is 5.75 Å². The van der Waals surface area contributed by atoms with Crippen LogP contribution in [0.15, 0.2) is 48.5 Å². The third-order valence-corrected chi connectivity index (χ3v) is 3.53. The Morgan fingerprint density at radius 3 is 2.48 bits per heavy atom. The Balaban J connectivity index is 1.85. The van der Waals surface area contributed by atoms with E-state index in [0.29, 0.717) is 23.7 Å². The number of hydrogen-bond acceptors (Lipinski definition) is 3. The van der Waals surface area contributed by atoms with Crippen LogP contribution in [0.1, 0.15) is 5.56 Å². The molecule has 23 heavy (non-hydrogen) atoms. The van der Waals surface area contributed by atoms with Gasteiger partial charge in [-0.15, -0.1) is 0 Å². The number of anilines is 1. The first-order chi connectivity index (χ1) is 11.1. The summed E-state index contributed by atoms with van der Waals surface area (Å²) in [5.74, 6) is -0.708. The molecule has 0 radical (unpaired) electrons. The van der Waals surface area contributed by atoms with Gasteiger partial charge in [-0.1, -0.05) is 41.9 Å². The van der Waals surface area contributed by atoms with Crippen LogP contribution in [0, 0.1) is 0 Å². The first-order valence-corrected chi connectivity index (χ1v) is 7.45. The lowest BCUT2D eigenvalue weighted by Gasteiger charge is -2.09. The zero-order chi connectivity index (χ0) is 16.7. The minimum atomic E-state index is -0.752. The minimum absolute atomic E-state index is 0.329. The maximum Gasteiger partial charge on any atom is 0.313 e. The van der Waals surface area contributed by atoms with Crippen molar-refractivity contribution < 1.29 is 14.3 Å². The number of methoxy groups -OCH3 is 1. The van der Waals surface area contributed by atoms with Gasteiger partial charge in [0.25, 0.3) is 0 Å². The van der Waals surface area contributed by atoms with Crippen LogP contribution in [0.3, 0.4) is 0 Å². The molecule has 6 heteroatoms. The molecule has 0 aromatic heterocycles. The molecule has 0 aliphatic rings. The molecule has 0 saturated carbocycles. The van der Waals surface area contributed by atoms with Gasteiger partial charge >= 0.3 is 11.8 Å². The van der Waals surface area contributed by atoms with Crippen LogP contribution < -0.4 is 15.4 Å². The van der Waals surface area contributed by atoms with Gasteiger partial charge in [0.15, 0.2) is 0 Å². The number of rotatable bonds is 5. The standard InChI is InChI=1S/C17H17ClN2O3/c1-23-15-9-5-2-6-12(15)10-11-19-16(21)17(22)20-14-8-4-3-7-13(14)18/h2-9H,10-11H2,1H3,(H,19,21)(H,20,22). The second-order valence-corrected chi connectivity index (χ2v) is 5.16. The fourth-order valence-corrected chi connectivity index (χ4v) is 2.23. The third kappa shape index (κ3) is 4.72. The highest BCUT2D eigenvalue weighted by Crippen LogP contribution is 2.20. The molecule has 0 fully saturated rings. The summed E-state index contributed by atoms with van der Waals surface area (Å²) >= 11 is 5.93. The van der Waals surface area contributed by atoms with E-state index in [1.54, 1.807) is 31.4 Å². The topological polar surface area (TPSA) is 67.4 Å². The quantitative estimate of drug-likeness (QED) is 0.827. The van der Waals surface area contributed by atoms with Crippen molar-refractivity contribution in [3.8, 4) is 5.75 Å². The van der Waals surface area contributed by atoms with Crippen LogP contribution in [0.25, 0.3) is 0 Å². The van der Waals surface area contributed by atoms with Crippen molar-refractivity contribution in [2.75, 3.05) is 19.0 Å². The summed E-state index contributed by atoms with van der Waals surface area (Å²) < 4.78 is 5.24. The summed E-state index contributed by atoms with van der Waals surface area (Å²) in [6.07, 6.45) is 0.565. The summed E-state index contributed by atoms with van der Waals surface area (Å²) in [7, 11) is 1.59. The largest absolute Gasteiger partial charge is 0.496 e. The maximum absolute atomic E-state index is 11.8. The minimum Gasteiger partial charge on any atom is -0.496 e. The van der Waals surface area contributed by atoms with Crippen molar-refractivity contribution in [3.63, 3.8) is 0 Å². The SMILES string of the molecule is COc1ccccc1CCNC(=O)C(=O)Nc1ccccc1Cl. The van der Waals surface area contributed by atoms with Crippen molar-refractivity contribution in [1.29, 1.82) is 0 Å². The molecular weight excluding hydrogens is 316 g/mol. The van der Waals surface area contributed by atoms with E-state index < -0.39 is 11.8 Å². The monoisotopic (exact) mass is 332 g/mol. The Morgan fingerprint density at radius 1 is 1.04 bits per heavy atom. The van der Waals surface area contributed by atoms with Crippen molar-refractivity contribution in [1.82, 2.24) is 5.32 Å². The van der Waals surface area contributed by atoms with Crippen LogP contribution >= 0.6 is 11.6 Å². The van der Waals surface area contributed by atoms with Gasteiger partial charge in [0.2, 0.25) is 0 Å². The van der Waals surface area contributed by atoms with Crippen LogP contribution in [-0.4, -0.2) is 25.5 Å². The van der Waals surface area contributed by atoms with Crippen LogP contribution in [0.2, 0.25) is 5.02 Å². The highest BCUT2D eigenvalue weighted by Gasteiger charge is 2.14. The molecule has 5 nitrogen and oxygen atoms in total. The molecule has 2 amide bonds. The molecule has 2 N–H and O–H groups in total. The average Bonchev–Trinajstić information content (AvgIpc) is 2.57. The summed E-state index contributed by atoms with van der Waals surface area (Å²) in [4.78, 5) is 23.6. The van der Waals surface area contributed by atoms with E-state index in [2.05, 4.69) is 10.6 Å². The molecule has 0 spiro atoms. The van der Waals surface area contributed by atoms with Gasteiger partial charge in [-0.2, -0.15) is 0 Å². The van der Waals surface area contributed by atoms with Gasteiger partial charge in [-0.05, 0) is 30.2 Å². The van der Waals surface area contributed by atoms with Crippen LogP contribution in [-0.2, 0) is 16.0 Å². The lowest BCUT2D eigenvalue weighted by molar-refractivity contribution is -0.136. The van der Waals surface area contributed by atoms with Crippen molar-refractivity contribution >= 4 is 29.1 Å². The number of benzene rings is 2. The first kappa shape index (κ1) is 16.8. The zero-order valence-corrected chi connectivity index (χ0v) is 13.4. The number of hydrogen-bond donors (Lipinski definition) is 2. The Kier molecular flexibility index (Phi) is 6.00. The van der Waals surface area contributed by atoms with E-state index in [4.69, 9.17) is 16.3 Å². The van der Waals surface area contributed by atoms with E-state index in [1.807, 2.05) is 24.3 Å². The molecular formula is C17H17ClN2O3. The van der Waals surface area contributed by atoms with Gasteiger partial charge in [0.05, 0.1) is 17.8 Å². The lowest BCUT2D eigenvalue weighted by Crippen LogP contribution is -2.36. The average molecular weight is 333 g/mol. The van der Waals surface area contributed by atoms with Gasteiger partial charge in [-0.3, -0.25) is 9.59 Å². The molecule has 0 bridgehead atoms. The highest BCUT2D eigenvalue weighted by atomic mass is 35.5. The zero-order valence-electron chi connectivity index (χ0n) is 12.6. The third-order valence-electron chi connectivity index (χ3n) is 3.20. The normalized spacial score (nSPS) is 10.0. The summed E-state index contributed by atoms with van der Waals surface area (Å²) in [6, 6.07) is 14.3. The second-order valence-electron chi connectivity index (χ2n) is 4.75. The molecule has 0 saturated heterocycles. The number of carbonyl (C=O) groups excluding carboxylic acids is 2. The molecule has 0 atom stereocenters. The Hall–Kier alpha value is -2.53. The van der Waals surface area contributed by atoms with Crippen LogP contribution in [0.5, 0.6) is 5.75 Å². The molecule has 0 aliphatic heterocycles. The number of halogens is 1. The van der Waals surface area contributed by atoms with Gasteiger partial charge in [0, 0.05) is 6.54 Å². The van der Waals surface area contributed by atoms with Crippen molar-refractivity contribution in [3.05, 3.63) is 59.1 Å². The molecule has 0 unspecified atom stereocenters. The van der Waals surface area contributed by atoms with Crippen LogP contribution in [0.4, 0.5) is 5.69 Å². The first-order valence-electron chi connectivity index (χ1n) is 7.07. The molecule has 0 aliphatic carbocycles. The number of nitrogens with one attached hydrogen (secondary N) is 2. The Bertz CT molecular complexity index is 704. The van der Waals surface area contributed by atoms with E-state index >= 15 is 0 Å². The number of para-hydroxylation sites is 2. The number of amides is 2. The second kappa shape index (κ2) is 8.19. The molecule has 120 valence electrons. The molecule has 2 aromatic rings. The molecule has 2 rings (SSSR count). The van der Waals surface area contributed by atoms with Gasteiger partial charge < -0.3 is 15.4 Å². The highest BCUT2D eigenvalue weighted by molar-refractivity contribution is 6.41. The molecule has 0 heterocycles. The predicted molar refractivity (Wildman–Crippen MR) is 89.8 cm³/mol.